The van der Waals surface area contributed by atoms with Gasteiger partial charge in [0.15, 0.2) is 17.4 Å². The van der Waals surface area contributed by atoms with E-state index < -0.39 is 11.6 Å². The van der Waals surface area contributed by atoms with Crippen molar-refractivity contribution < 1.29 is 13.5 Å². The molecule has 1 aromatic carbocycles. The third kappa shape index (κ3) is 4.69. The zero-order valence-electron chi connectivity index (χ0n) is 10.3. The van der Waals surface area contributed by atoms with Crippen LogP contribution in [0.3, 0.4) is 0 Å². The summed E-state index contributed by atoms with van der Waals surface area (Å²) in [7, 11) is 0. The number of para-hydroxylation sites is 1. The number of hydrogen-bond donors (Lipinski definition) is 1. The van der Waals surface area contributed by atoms with Crippen molar-refractivity contribution in [2.45, 2.75) is 32.7 Å². The molecule has 0 aliphatic rings. The first kappa shape index (κ1) is 13.9. The Bertz CT molecular complexity index is 324. The molecule has 0 spiro atoms. The lowest BCUT2D eigenvalue weighted by Crippen LogP contribution is -2.30. The van der Waals surface area contributed by atoms with Crippen LogP contribution in [0.25, 0.3) is 0 Å². The Balaban J connectivity index is 2.31. The topological polar surface area (TPSA) is 21.3 Å². The van der Waals surface area contributed by atoms with E-state index in [1.54, 1.807) is 0 Å². The maximum Gasteiger partial charge on any atom is 0.190 e. The Kier molecular flexibility index (Phi) is 5.91. The molecule has 2 nitrogen and oxygen atoms in total. The number of nitrogens with one attached hydrogen (secondary N) is 1. The number of rotatable bonds is 7. The highest BCUT2D eigenvalue weighted by Crippen LogP contribution is 2.20. The van der Waals surface area contributed by atoms with Gasteiger partial charge in [-0.05, 0) is 25.5 Å². The first-order chi connectivity index (χ1) is 8.15. The molecule has 0 fully saturated rings. The van der Waals surface area contributed by atoms with Gasteiger partial charge >= 0.3 is 0 Å². The van der Waals surface area contributed by atoms with Crippen molar-refractivity contribution in [1.29, 1.82) is 0 Å². The minimum Gasteiger partial charge on any atom is -0.486 e. The predicted molar refractivity (Wildman–Crippen MR) is 64.2 cm³/mol. The van der Waals surface area contributed by atoms with Gasteiger partial charge in [-0.2, -0.15) is 0 Å². The molecular formula is C13H19F2NO. The van der Waals surface area contributed by atoms with Crippen LogP contribution >= 0.6 is 0 Å². The standard InChI is InChI=1S/C13H19F2NO/c1-3-5-10(2)16-8-9-17-13-11(14)6-4-7-12(13)15/h4,6-7,10,16H,3,5,8-9H2,1-2H3. The molecular weight excluding hydrogens is 224 g/mol. The summed E-state index contributed by atoms with van der Waals surface area (Å²) in [6.45, 7) is 5.03. The summed E-state index contributed by atoms with van der Waals surface area (Å²) in [5, 5.41) is 3.22. The quantitative estimate of drug-likeness (QED) is 0.743. The Morgan fingerprint density at radius 2 is 1.94 bits per heavy atom. The van der Waals surface area contributed by atoms with Crippen molar-refractivity contribution in [2.24, 2.45) is 0 Å². The van der Waals surface area contributed by atoms with Crippen LogP contribution in [0.2, 0.25) is 0 Å². The van der Waals surface area contributed by atoms with E-state index >= 15 is 0 Å². The second-order valence-corrected chi connectivity index (χ2v) is 4.04. The summed E-state index contributed by atoms with van der Waals surface area (Å²) in [5.74, 6) is -1.62. The van der Waals surface area contributed by atoms with E-state index in [-0.39, 0.29) is 12.4 Å². The summed E-state index contributed by atoms with van der Waals surface area (Å²) < 4.78 is 31.4. The Labute approximate surface area is 101 Å². The van der Waals surface area contributed by atoms with E-state index in [0.29, 0.717) is 12.6 Å². The van der Waals surface area contributed by atoms with Crippen LogP contribution in [0.15, 0.2) is 18.2 Å². The van der Waals surface area contributed by atoms with Crippen LogP contribution < -0.4 is 10.1 Å². The lowest BCUT2D eigenvalue weighted by molar-refractivity contribution is 0.277. The van der Waals surface area contributed by atoms with Crippen LogP contribution in [0.1, 0.15) is 26.7 Å². The molecule has 1 atom stereocenters. The number of hydrogen-bond acceptors (Lipinski definition) is 2. The van der Waals surface area contributed by atoms with Crippen LogP contribution in [0.5, 0.6) is 5.75 Å². The van der Waals surface area contributed by atoms with E-state index in [9.17, 15) is 8.78 Å². The summed E-state index contributed by atoms with van der Waals surface area (Å²) in [6, 6.07) is 4.09. The molecule has 17 heavy (non-hydrogen) atoms. The molecule has 0 saturated heterocycles. The molecule has 96 valence electrons. The minimum absolute atomic E-state index is 0.256. The molecule has 0 aromatic heterocycles. The highest BCUT2D eigenvalue weighted by molar-refractivity contribution is 5.25. The molecule has 1 N–H and O–H groups in total. The van der Waals surface area contributed by atoms with Crippen molar-refractivity contribution in [3.8, 4) is 5.75 Å². The molecule has 0 saturated carbocycles. The first-order valence-corrected chi connectivity index (χ1v) is 5.95. The van der Waals surface area contributed by atoms with Crippen LogP contribution in [0, 0.1) is 11.6 Å². The Morgan fingerprint density at radius 3 is 2.53 bits per heavy atom. The van der Waals surface area contributed by atoms with Crippen molar-refractivity contribution in [2.75, 3.05) is 13.2 Å². The molecule has 1 unspecified atom stereocenters. The van der Waals surface area contributed by atoms with Gasteiger partial charge in [0.1, 0.15) is 6.61 Å². The number of ether oxygens (including phenoxy) is 1. The second-order valence-electron chi connectivity index (χ2n) is 4.04. The van der Waals surface area contributed by atoms with Gasteiger partial charge in [0.05, 0.1) is 0 Å². The van der Waals surface area contributed by atoms with Gasteiger partial charge in [0.2, 0.25) is 0 Å². The molecule has 4 heteroatoms. The SMILES string of the molecule is CCCC(C)NCCOc1c(F)cccc1F. The van der Waals surface area contributed by atoms with Crippen LogP contribution in [0.4, 0.5) is 8.78 Å². The highest BCUT2D eigenvalue weighted by atomic mass is 19.1. The fourth-order valence-electron chi connectivity index (χ4n) is 1.61. The highest BCUT2D eigenvalue weighted by Gasteiger charge is 2.09. The van der Waals surface area contributed by atoms with Crippen molar-refractivity contribution in [3.05, 3.63) is 29.8 Å². The van der Waals surface area contributed by atoms with Crippen molar-refractivity contribution in [3.63, 3.8) is 0 Å². The van der Waals surface area contributed by atoms with Gasteiger partial charge in [-0.15, -0.1) is 0 Å². The average molecular weight is 243 g/mol. The Morgan fingerprint density at radius 1 is 1.29 bits per heavy atom. The molecule has 0 heterocycles. The summed E-state index contributed by atoms with van der Waals surface area (Å²) >= 11 is 0. The van der Waals surface area contributed by atoms with Gasteiger partial charge in [-0.3, -0.25) is 0 Å². The molecule has 0 aliphatic heterocycles. The second kappa shape index (κ2) is 7.22. The molecule has 1 aromatic rings. The number of benzene rings is 1. The van der Waals surface area contributed by atoms with Crippen molar-refractivity contribution in [1.82, 2.24) is 5.32 Å². The number of halogens is 2. The van der Waals surface area contributed by atoms with Gasteiger partial charge < -0.3 is 10.1 Å². The van der Waals surface area contributed by atoms with Crippen molar-refractivity contribution >= 4 is 0 Å². The third-order valence-corrected chi connectivity index (χ3v) is 2.48. The molecule has 0 bridgehead atoms. The van der Waals surface area contributed by atoms with Gasteiger partial charge in [-0.1, -0.05) is 19.4 Å². The average Bonchev–Trinajstić information content (AvgIpc) is 2.28. The molecule has 1 rings (SSSR count). The van der Waals surface area contributed by atoms with Crippen LogP contribution in [-0.4, -0.2) is 19.2 Å². The van der Waals surface area contributed by atoms with E-state index in [1.165, 1.54) is 18.2 Å². The van der Waals surface area contributed by atoms with E-state index in [0.717, 1.165) is 12.8 Å². The zero-order chi connectivity index (χ0) is 12.7. The van der Waals surface area contributed by atoms with Gasteiger partial charge in [0.25, 0.3) is 0 Å². The summed E-state index contributed by atoms with van der Waals surface area (Å²) in [5.41, 5.74) is 0. The molecule has 0 aliphatic carbocycles. The van der Waals surface area contributed by atoms with E-state index in [1.807, 2.05) is 0 Å². The fraction of sp³-hybridized carbons (Fsp3) is 0.538. The summed E-state index contributed by atoms with van der Waals surface area (Å²) in [4.78, 5) is 0. The molecule has 0 radical (unpaired) electrons. The maximum atomic E-state index is 13.2. The zero-order valence-corrected chi connectivity index (χ0v) is 10.3. The Hall–Kier alpha value is -1.16. The smallest absolute Gasteiger partial charge is 0.190 e. The minimum atomic E-state index is -0.661. The lowest BCUT2D eigenvalue weighted by Gasteiger charge is -2.13. The lowest BCUT2D eigenvalue weighted by atomic mass is 10.2. The monoisotopic (exact) mass is 243 g/mol. The first-order valence-electron chi connectivity index (χ1n) is 5.95. The van der Waals surface area contributed by atoms with Crippen LogP contribution in [-0.2, 0) is 0 Å². The maximum absolute atomic E-state index is 13.2. The van der Waals surface area contributed by atoms with E-state index in [4.69, 9.17) is 4.74 Å². The fourth-order valence-corrected chi connectivity index (χ4v) is 1.61. The third-order valence-electron chi connectivity index (χ3n) is 2.48. The van der Waals surface area contributed by atoms with Gasteiger partial charge in [0, 0.05) is 12.6 Å². The van der Waals surface area contributed by atoms with E-state index in [2.05, 4.69) is 19.2 Å². The largest absolute Gasteiger partial charge is 0.486 e. The summed E-state index contributed by atoms with van der Waals surface area (Å²) in [6.07, 6.45) is 2.19. The predicted octanol–water partition coefficient (Wildman–Crippen LogP) is 3.12. The van der Waals surface area contributed by atoms with Gasteiger partial charge in [-0.25, -0.2) is 8.78 Å². The molecule has 0 amide bonds. The normalized spacial score (nSPS) is 12.5.